The van der Waals surface area contributed by atoms with Crippen LogP contribution in [-0.2, 0) is 19.6 Å². The highest BCUT2D eigenvalue weighted by Gasteiger charge is 2.14. The Balaban J connectivity index is 2.73. The minimum Gasteiger partial charge on any atom is -0.478 e. The molecule has 0 fully saturated rings. The zero-order valence-electron chi connectivity index (χ0n) is 11.9. The smallest absolute Gasteiger partial charge is 0.328 e. The van der Waals surface area contributed by atoms with Crippen molar-refractivity contribution in [2.24, 2.45) is 5.92 Å². The van der Waals surface area contributed by atoms with Crippen LogP contribution in [0, 0.1) is 5.92 Å². The van der Waals surface area contributed by atoms with Crippen LogP contribution in [0.3, 0.4) is 0 Å². The zero-order valence-corrected chi connectivity index (χ0v) is 12.8. The summed E-state index contributed by atoms with van der Waals surface area (Å²) in [4.78, 5) is 10.5. The molecule has 7 heteroatoms. The number of nitrogens with one attached hydrogen (secondary N) is 1. The lowest BCUT2D eigenvalue weighted by molar-refractivity contribution is -0.131. The number of hydrogen-bond donors (Lipinski definition) is 2. The molecular formula is C14H19NO5S. The third-order valence-electron chi connectivity index (χ3n) is 2.68. The Kier molecular flexibility index (Phi) is 6.54. The molecule has 0 radical (unpaired) electrons. The van der Waals surface area contributed by atoms with E-state index < -0.39 is 16.0 Å². The SMILES string of the molecule is COCC(C)CNS(=O)(=O)c1ccc(C=CC(=O)O)cc1. The van der Waals surface area contributed by atoms with Crippen molar-refractivity contribution in [2.45, 2.75) is 11.8 Å². The largest absolute Gasteiger partial charge is 0.478 e. The van der Waals surface area contributed by atoms with E-state index in [1.165, 1.54) is 18.2 Å². The highest BCUT2D eigenvalue weighted by Crippen LogP contribution is 2.12. The standard InChI is InChI=1S/C14H19NO5S/c1-11(10-20-2)9-15-21(18,19)13-6-3-12(4-7-13)5-8-14(16)17/h3-8,11,15H,9-10H2,1-2H3,(H,16,17). The molecule has 21 heavy (non-hydrogen) atoms. The molecule has 1 unspecified atom stereocenters. The Morgan fingerprint density at radius 2 is 2.00 bits per heavy atom. The maximum atomic E-state index is 12.1. The number of hydrogen-bond acceptors (Lipinski definition) is 4. The van der Waals surface area contributed by atoms with Crippen LogP contribution in [0.15, 0.2) is 35.2 Å². The second kappa shape index (κ2) is 7.92. The van der Waals surface area contributed by atoms with Gasteiger partial charge in [-0.15, -0.1) is 0 Å². The summed E-state index contributed by atoms with van der Waals surface area (Å²) in [5.74, 6) is -0.983. The second-order valence-electron chi connectivity index (χ2n) is 4.65. The van der Waals surface area contributed by atoms with E-state index in [4.69, 9.17) is 9.84 Å². The number of benzene rings is 1. The highest BCUT2D eigenvalue weighted by molar-refractivity contribution is 7.89. The average Bonchev–Trinajstić information content (AvgIpc) is 2.44. The van der Waals surface area contributed by atoms with Crippen molar-refractivity contribution in [2.75, 3.05) is 20.3 Å². The molecule has 0 aliphatic carbocycles. The molecule has 0 amide bonds. The molecule has 1 rings (SSSR count). The number of aliphatic carboxylic acids is 1. The van der Waals surface area contributed by atoms with Crippen molar-refractivity contribution in [1.82, 2.24) is 4.72 Å². The first kappa shape index (κ1) is 17.4. The number of rotatable bonds is 8. The molecule has 0 spiro atoms. The van der Waals surface area contributed by atoms with Crippen LogP contribution in [0.5, 0.6) is 0 Å². The van der Waals surface area contributed by atoms with Gasteiger partial charge in [0, 0.05) is 26.3 Å². The van der Waals surface area contributed by atoms with E-state index in [1.54, 1.807) is 19.2 Å². The lowest BCUT2D eigenvalue weighted by Crippen LogP contribution is -2.30. The van der Waals surface area contributed by atoms with E-state index >= 15 is 0 Å². The fourth-order valence-corrected chi connectivity index (χ4v) is 2.77. The molecular weight excluding hydrogens is 294 g/mol. The molecule has 0 heterocycles. The number of carboxylic acids is 1. The normalized spacial score (nSPS) is 13.4. The first-order chi connectivity index (χ1) is 9.85. The van der Waals surface area contributed by atoms with Gasteiger partial charge in [0.25, 0.3) is 0 Å². The molecule has 1 aromatic rings. The van der Waals surface area contributed by atoms with Gasteiger partial charge in [0.15, 0.2) is 0 Å². The molecule has 2 N–H and O–H groups in total. The van der Waals surface area contributed by atoms with Crippen molar-refractivity contribution in [3.8, 4) is 0 Å². The average molecular weight is 313 g/mol. The second-order valence-corrected chi connectivity index (χ2v) is 6.42. The van der Waals surface area contributed by atoms with Crippen LogP contribution < -0.4 is 4.72 Å². The quantitative estimate of drug-likeness (QED) is 0.707. The molecule has 0 saturated heterocycles. The lowest BCUT2D eigenvalue weighted by Gasteiger charge is -2.12. The highest BCUT2D eigenvalue weighted by atomic mass is 32.2. The molecule has 0 aliphatic rings. The Bertz CT molecular complexity index is 592. The van der Waals surface area contributed by atoms with Crippen LogP contribution in [-0.4, -0.2) is 39.8 Å². The maximum Gasteiger partial charge on any atom is 0.328 e. The summed E-state index contributed by atoms with van der Waals surface area (Å²) in [5.41, 5.74) is 0.615. The Labute approximate surface area is 124 Å². The monoisotopic (exact) mass is 313 g/mol. The van der Waals surface area contributed by atoms with Gasteiger partial charge in [-0.05, 0) is 29.7 Å². The van der Waals surface area contributed by atoms with Crippen LogP contribution in [0.25, 0.3) is 6.08 Å². The molecule has 0 aromatic heterocycles. The predicted octanol–water partition coefficient (Wildman–Crippen LogP) is 1.35. The van der Waals surface area contributed by atoms with E-state index in [-0.39, 0.29) is 17.4 Å². The van der Waals surface area contributed by atoms with Crippen molar-refractivity contribution < 1.29 is 23.1 Å². The van der Waals surface area contributed by atoms with Gasteiger partial charge in [-0.2, -0.15) is 0 Å². The van der Waals surface area contributed by atoms with Crippen molar-refractivity contribution in [3.63, 3.8) is 0 Å². The van der Waals surface area contributed by atoms with Gasteiger partial charge in [-0.25, -0.2) is 17.9 Å². The molecule has 0 saturated carbocycles. The van der Waals surface area contributed by atoms with E-state index in [0.717, 1.165) is 6.08 Å². The Morgan fingerprint density at radius 3 is 2.52 bits per heavy atom. The summed E-state index contributed by atoms with van der Waals surface area (Å²) < 4.78 is 31.6. The summed E-state index contributed by atoms with van der Waals surface area (Å²) in [5, 5.41) is 8.52. The number of sulfonamides is 1. The summed E-state index contributed by atoms with van der Waals surface area (Å²) in [6, 6.07) is 5.97. The van der Waals surface area contributed by atoms with Gasteiger partial charge < -0.3 is 9.84 Å². The first-order valence-corrected chi connectivity index (χ1v) is 7.83. The van der Waals surface area contributed by atoms with E-state index in [1.807, 2.05) is 6.92 Å². The summed E-state index contributed by atoms with van der Waals surface area (Å²) in [7, 11) is -2.00. The third kappa shape index (κ3) is 6.07. The van der Waals surface area contributed by atoms with E-state index in [2.05, 4.69) is 4.72 Å². The minimum absolute atomic E-state index is 0.0718. The summed E-state index contributed by atoms with van der Waals surface area (Å²) >= 11 is 0. The summed E-state index contributed by atoms with van der Waals surface area (Å²) in [6.45, 7) is 2.64. The lowest BCUT2D eigenvalue weighted by atomic mass is 10.2. The molecule has 116 valence electrons. The fourth-order valence-electron chi connectivity index (χ4n) is 1.60. The van der Waals surface area contributed by atoms with Gasteiger partial charge in [0.1, 0.15) is 0 Å². The molecule has 1 atom stereocenters. The minimum atomic E-state index is -3.57. The Morgan fingerprint density at radius 1 is 1.38 bits per heavy atom. The topological polar surface area (TPSA) is 92.7 Å². The first-order valence-electron chi connectivity index (χ1n) is 6.35. The number of carboxylic acid groups (broad SMARTS) is 1. The van der Waals surface area contributed by atoms with Crippen LogP contribution in [0.4, 0.5) is 0 Å². The van der Waals surface area contributed by atoms with E-state index in [0.29, 0.717) is 12.2 Å². The van der Waals surface area contributed by atoms with Gasteiger partial charge in [-0.3, -0.25) is 0 Å². The van der Waals surface area contributed by atoms with Gasteiger partial charge in [0.2, 0.25) is 10.0 Å². The third-order valence-corrected chi connectivity index (χ3v) is 4.12. The number of ether oxygens (including phenoxy) is 1. The van der Waals surface area contributed by atoms with Crippen LogP contribution in [0.2, 0.25) is 0 Å². The van der Waals surface area contributed by atoms with Crippen LogP contribution in [0.1, 0.15) is 12.5 Å². The summed E-state index contributed by atoms with van der Waals surface area (Å²) in [6.07, 6.45) is 2.39. The molecule has 6 nitrogen and oxygen atoms in total. The molecule has 0 bridgehead atoms. The van der Waals surface area contributed by atoms with Crippen molar-refractivity contribution in [3.05, 3.63) is 35.9 Å². The van der Waals surface area contributed by atoms with Crippen molar-refractivity contribution >= 4 is 22.1 Å². The number of methoxy groups -OCH3 is 1. The van der Waals surface area contributed by atoms with Crippen LogP contribution >= 0.6 is 0 Å². The Hall–Kier alpha value is -1.70. The maximum absolute atomic E-state index is 12.1. The molecule has 0 aliphatic heterocycles. The predicted molar refractivity (Wildman–Crippen MR) is 79.3 cm³/mol. The van der Waals surface area contributed by atoms with Crippen molar-refractivity contribution in [1.29, 1.82) is 0 Å². The van der Waals surface area contributed by atoms with Gasteiger partial charge in [0.05, 0.1) is 4.90 Å². The van der Waals surface area contributed by atoms with Gasteiger partial charge >= 0.3 is 5.97 Å². The fraction of sp³-hybridized carbons (Fsp3) is 0.357. The zero-order chi connectivity index (χ0) is 15.9. The number of carbonyl (C=O) groups is 1. The van der Waals surface area contributed by atoms with Gasteiger partial charge in [-0.1, -0.05) is 19.1 Å². The molecule has 1 aromatic carbocycles. The van der Waals surface area contributed by atoms with E-state index in [9.17, 15) is 13.2 Å².